The number of amides is 2. The van der Waals surface area contributed by atoms with Gasteiger partial charge in [-0.15, -0.1) is 23.6 Å². The smallest absolute Gasteiger partial charge is 0.254 e. The number of nitrogens with zero attached hydrogens (tertiary/aromatic N) is 1. The summed E-state index contributed by atoms with van der Waals surface area (Å²) >= 11 is 1.61. The molecular weight excluding hydrogens is 390 g/mol. The zero-order valence-corrected chi connectivity index (χ0v) is 16.9. The minimum atomic E-state index is -0.556. The van der Waals surface area contributed by atoms with Crippen molar-refractivity contribution in [1.82, 2.24) is 10.3 Å². The van der Waals surface area contributed by atoms with Crippen molar-refractivity contribution >= 4 is 23.6 Å². The highest BCUT2D eigenvalue weighted by Gasteiger charge is 2.12. The predicted octanol–water partition coefficient (Wildman–Crippen LogP) is 2.35. The van der Waals surface area contributed by atoms with Gasteiger partial charge in [0.1, 0.15) is 17.9 Å². The maximum absolute atomic E-state index is 11.2. The molecule has 1 heterocycles. The number of hydrogen-bond acceptors (Lipinski definition) is 6. The maximum atomic E-state index is 11.2. The molecule has 1 atom stereocenters. The number of thioether (sulfide) groups is 1. The van der Waals surface area contributed by atoms with E-state index in [1.807, 2.05) is 24.5 Å². The Morgan fingerprint density at radius 3 is 2.83 bits per heavy atom. The second kappa shape index (κ2) is 11.7. The first-order chi connectivity index (χ1) is 14.0. The molecule has 152 valence electrons. The number of nitrogens with one attached hydrogen (secondary N) is 1. The summed E-state index contributed by atoms with van der Waals surface area (Å²) in [5.74, 6) is 5.85. The van der Waals surface area contributed by atoms with Gasteiger partial charge in [0, 0.05) is 30.0 Å². The minimum absolute atomic E-state index is 0.149. The number of primary amides is 1. The van der Waals surface area contributed by atoms with E-state index in [1.54, 1.807) is 36.2 Å². The molecular formula is C21H23N3O4S. The number of aliphatic hydroxyl groups excluding tert-OH is 1. The van der Waals surface area contributed by atoms with Crippen LogP contribution in [0.5, 0.6) is 11.6 Å². The van der Waals surface area contributed by atoms with Gasteiger partial charge in [-0.25, -0.2) is 4.98 Å². The third kappa shape index (κ3) is 7.49. The molecule has 1 aromatic heterocycles. The Labute approximate surface area is 174 Å². The Bertz CT molecular complexity index is 908. The van der Waals surface area contributed by atoms with Gasteiger partial charge in [-0.1, -0.05) is 6.07 Å². The van der Waals surface area contributed by atoms with Crippen molar-refractivity contribution in [2.45, 2.75) is 30.2 Å². The Hall–Kier alpha value is -3.02. The van der Waals surface area contributed by atoms with Crippen LogP contribution in [0.3, 0.4) is 0 Å². The van der Waals surface area contributed by atoms with Gasteiger partial charge in [0.15, 0.2) is 0 Å². The topological polar surface area (TPSA) is 115 Å². The quantitative estimate of drug-likeness (QED) is 0.495. The number of ether oxygens (including phenoxy) is 1. The molecule has 0 radical (unpaired) electrons. The second-order valence-electron chi connectivity index (χ2n) is 6.02. The summed E-state index contributed by atoms with van der Waals surface area (Å²) in [6.07, 6.45) is 6.00. The van der Waals surface area contributed by atoms with Crippen LogP contribution in [0.15, 0.2) is 47.5 Å². The predicted molar refractivity (Wildman–Crippen MR) is 112 cm³/mol. The van der Waals surface area contributed by atoms with E-state index < -0.39 is 12.5 Å². The fourth-order valence-corrected chi connectivity index (χ4v) is 2.91. The third-order valence-electron chi connectivity index (χ3n) is 3.89. The Morgan fingerprint density at radius 2 is 2.17 bits per heavy atom. The summed E-state index contributed by atoms with van der Waals surface area (Å²) in [7, 11) is 0. The van der Waals surface area contributed by atoms with Crippen LogP contribution in [0.25, 0.3) is 0 Å². The summed E-state index contributed by atoms with van der Waals surface area (Å²) in [6, 6.07) is 10.9. The molecule has 0 fully saturated rings. The molecule has 3 rings (SSSR count). The van der Waals surface area contributed by atoms with Crippen molar-refractivity contribution < 1.29 is 19.4 Å². The molecule has 1 aliphatic carbocycles. The summed E-state index contributed by atoms with van der Waals surface area (Å²) in [5, 5.41) is 11.1. The fourth-order valence-electron chi connectivity index (χ4n) is 2.46. The van der Waals surface area contributed by atoms with E-state index in [2.05, 4.69) is 22.1 Å². The molecule has 29 heavy (non-hydrogen) atoms. The van der Waals surface area contributed by atoms with Crippen LogP contribution in [0.1, 0.15) is 29.6 Å². The number of hydrogen-bond donors (Lipinski definition) is 3. The van der Waals surface area contributed by atoms with Gasteiger partial charge in [-0.3, -0.25) is 9.59 Å². The highest BCUT2D eigenvalue weighted by molar-refractivity contribution is 7.98. The number of aromatic nitrogens is 1. The lowest BCUT2D eigenvalue weighted by atomic mass is 10.0. The normalized spacial score (nSPS) is 14.5. The molecule has 1 aromatic carbocycles. The summed E-state index contributed by atoms with van der Waals surface area (Å²) in [4.78, 5) is 27.0. The Kier molecular flexibility index (Phi) is 9.02. The van der Waals surface area contributed by atoms with Gasteiger partial charge >= 0.3 is 0 Å². The summed E-state index contributed by atoms with van der Waals surface area (Å²) in [5.41, 5.74) is 5.53. The zero-order chi connectivity index (χ0) is 21.1. The van der Waals surface area contributed by atoms with E-state index in [1.165, 1.54) is 0 Å². The highest BCUT2D eigenvalue weighted by atomic mass is 32.2. The van der Waals surface area contributed by atoms with Crippen LogP contribution in [-0.4, -0.2) is 40.8 Å². The molecule has 2 amide bonds. The van der Waals surface area contributed by atoms with Gasteiger partial charge in [0.05, 0.1) is 0 Å². The lowest BCUT2D eigenvalue weighted by molar-refractivity contribution is -0.124. The van der Waals surface area contributed by atoms with E-state index in [-0.39, 0.29) is 23.4 Å². The van der Waals surface area contributed by atoms with Crippen molar-refractivity contribution in [3.63, 3.8) is 0 Å². The van der Waals surface area contributed by atoms with Gasteiger partial charge in [0.2, 0.25) is 11.8 Å². The average molecular weight is 413 g/mol. The number of rotatable bonds is 6. The van der Waals surface area contributed by atoms with Crippen LogP contribution in [-0.2, 0) is 4.79 Å². The van der Waals surface area contributed by atoms with Crippen molar-refractivity contribution in [3.8, 4) is 23.5 Å². The van der Waals surface area contributed by atoms with E-state index in [4.69, 9.17) is 15.6 Å². The zero-order valence-electron chi connectivity index (χ0n) is 16.1. The van der Waals surface area contributed by atoms with Crippen LogP contribution in [0, 0.1) is 11.8 Å². The Balaban J connectivity index is 0.000000234. The van der Waals surface area contributed by atoms with E-state index in [0.29, 0.717) is 12.2 Å². The second-order valence-corrected chi connectivity index (χ2v) is 6.90. The van der Waals surface area contributed by atoms with Crippen LogP contribution < -0.4 is 15.8 Å². The van der Waals surface area contributed by atoms with Crippen molar-refractivity contribution in [3.05, 3.63) is 48.2 Å². The molecule has 7 nitrogen and oxygen atoms in total. The lowest BCUT2D eigenvalue weighted by Gasteiger charge is -2.16. The van der Waals surface area contributed by atoms with Crippen molar-refractivity contribution in [2.24, 2.45) is 5.73 Å². The first-order valence-corrected chi connectivity index (χ1v) is 10.2. The van der Waals surface area contributed by atoms with Gasteiger partial charge in [0.25, 0.3) is 5.91 Å². The standard InChI is InChI=1S/C13H12N2O2S.C8H11NO2/c1-18-10-5-2-4-9(8-10)17-13-11(12(14)16)6-3-7-15-13;10-6-8(11)9-7-4-2-1-3-5-7/h2-8H,1H3,(H2,14,16);7,10H,2,4-6H2,(H,9,11)/t;7-/m.0/s1. The first-order valence-electron chi connectivity index (χ1n) is 8.96. The molecule has 4 N–H and O–H groups in total. The monoisotopic (exact) mass is 413 g/mol. The number of benzene rings is 1. The number of pyridine rings is 1. The molecule has 0 unspecified atom stereocenters. The number of carbonyl (C=O) groups excluding carboxylic acids is 2. The highest BCUT2D eigenvalue weighted by Crippen LogP contribution is 2.26. The molecule has 0 saturated heterocycles. The van der Waals surface area contributed by atoms with Gasteiger partial charge in [-0.2, -0.15) is 0 Å². The van der Waals surface area contributed by atoms with Crippen molar-refractivity contribution in [2.75, 3.05) is 12.9 Å². The number of carbonyl (C=O) groups is 2. The van der Waals surface area contributed by atoms with Crippen molar-refractivity contribution in [1.29, 1.82) is 0 Å². The molecule has 0 saturated carbocycles. The molecule has 2 aromatic rings. The molecule has 8 heteroatoms. The van der Waals surface area contributed by atoms with E-state index in [9.17, 15) is 9.59 Å². The van der Waals surface area contributed by atoms with Crippen LogP contribution in [0.2, 0.25) is 0 Å². The SMILES string of the molecule is CSc1cccc(Oc2ncccc2C(N)=O)c1.O=C(CO)N[C@@H]1CC#CCC1. The lowest BCUT2D eigenvalue weighted by Crippen LogP contribution is -2.36. The van der Waals surface area contributed by atoms with Crippen LogP contribution >= 0.6 is 11.8 Å². The molecule has 0 bridgehead atoms. The largest absolute Gasteiger partial charge is 0.438 e. The summed E-state index contributed by atoms with van der Waals surface area (Å²) in [6.45, 7) is -0.427. The van der Waals surface area contributed by atoms with Gasteiger partial charge < -0.3 is 20.9 Å². The fraction of sp³-hybridized carbons (Fsp3) is 0.286. The minimum Gasteiger partial charge on any atom is -0.438 e. The van der Waals surface area contributed by atoms with E-state index >= 15 is 0 Å². The summed E-state index contributed by atoms with van der Waals surface area (Å²) < 4.78 is 5.59. The molecule has 0 spiro atoms. The molecule has 1 aliphatic rings. The third-order valence-corrected chi connectivity index (χ3v) is 4.62. The number of nitrogens with two attached hydrogens (primary N) is 1. The van der Waals surface area contributed by atoms with Crippen LogP contribution in [0.4, 0.5) is 0 Å². The Morgan fingerprint density at radius 1 is 1.34 bits per heavy atom. The average Bonchev–Trinajstić information content (AvgIpc) is 2.75. The molecule has 0 aliphatic heterocycles. The number of aliphatic hydroxyl groups is 1. The van der Waals surface area contributed by atoms with Gasteiger partial charge in [-0.05, 0) is 43.0 Å². The van der Waals surface area contributed by atoms with E-state index in [0.717, 1.165) is 17.7 Å². The first kappa shape index (κ1) is 22.3. The maximum Gasteiger partial charge on any atom is 0.254 e.